The third-order valence-corrected chi connectivity index (χ3v) is 3.25. The van der Waals surface area contributed by atoms with Crippen LogP contribution >= 0.6 is 11.6 Å². The van der Waals surface area contributed by atoms with Gasteiger partial charge in [-0.3, -0.25) is 14.9 Å². The molecule has 0 amide bonds. The monoisotopic (exact) mass is 335 g/mol. The molecule has 23 heavy (non-hydrogen) atoms. The Balaban J connectivity index is 2.39. The van der Waals surface area contributed by atoms with Gasteiger partial charge in [0.15, 0.2) is 17.8 Å². The molecule has 0 unspecified atom stereocenters. The second-order valence-electron chi connectivity index (χ2n) is 4.31. The maximum atomic E-state index is 12.2. The number of nitro groups is 1. The number of esters is 1. The maximum absolute atomic E-state index is 12.2. The van der Waals surface area contributed by atoms with Gasteiger partial charge in [-0.25, -0.2) is 4.79 Å². The molecule has 0 saturated heterocycles. The third kappa shape index (κ3) is 3.46. The van der Waals surface area contributed by atoms with E-state index in [-0.39, 0.29) is 27.6 Å². The Labute approximate surface area is 135 Å². The van der Waals surface area contributed by atoms with E-state index in [1.54, 1.807) is 6.07 Å². The zero-order valence-electron chi connectivity index (χ0n) is 11.8. The van der Waals surface area contributed by atoms with E-state index in [4.69, 9.17) is 21.1 Å². The molecule has 0 fully saturated rings. The van der Waals surface area contributed by atoms with Crippen LogP contribution in [0.1, 0.15) is 20.7 Å². The van der Waals surface area contributed by atoms with E-state index in [0.29, 0.717) is 6.29 Å². The van der Waals surface area contributed by atoms with Gasteiger partial charge in [0.25, 0.3) is 5.69 Å². The van der Waals surface area contributed by atoms with Gasteiger partial charge < -0.3 is 9.47 Å². The molecule has 7 nitrogen and oxygen atoms in total. The molecular formula is C15H10ClNO6. The van der Waals surface area contributed by atoms with E-state index in [1.807, 2.05) is 0 Å². The number of nitrogens with zero attached hydrogens (tertiary/aromatic N) is 1. The summed E-state index contributed by atoms with van der Waals surface area (Å²) in [4.78, 5) is 33.4. The maximum Gasteiger partial charge on any atom is 0.343 e. The molecule has 0 aromatic heterocycles. The molecule has 0 radical (unpaired) electrons. The van der Waals surface area contributed by atoms with Gasteiger partial charge in [0.05, 0.1) is 23.2 Å². The summed E-state index contributed by atoms with van der Waals surface area (Å²) in [5, 5.41) is 10.8. The van der Waals surface area contributed by atoms with Crippen molar-refractivity contribution in [2.45, 2.75) is 0 Å². The first-order valence-electron chi connectivity index (χ1n) is 6.26. The Kier molecular flexibility index (Phi) is 4.92. The lowest BCUT2D eigenvalue weighted by Gasteiger charge is -2.11. The average Bonchev–Trinajstić information content (AvgIpc) is 2.55. The fraction of sp³-hybridized carbons (Fsp3) is 0.0667. The Morgan fingerprint density at radius 3 is 2.65 bits per heavy atom. The second-order valence-corrected chi connectivity index (χ2v) is 4.72. The lowest BCUT2D eigenvalue weighted by atomic mass is 10.2. The molecule has 0 N–H and O–H groups in total. The number of benzene rings is 2. The molecule has 0 bridgehead atoms. The quantitative estimate of drug-likeness (QED) is 0.273. The number of carbonyl (C=O) groups is 2. The molecule has 0 aliphatic rings. The molecule has 0 atom stereocenters. The molecule has 2 aromatic rings. The molecule has 0 aliphatic carbocycles. The van der Waals surface area contributed by atoms with Gasteiger partial charge >= 0.3 is 5.97 Å². The number of halogens is 1. The highest BCUT2D eigenvalue weighted by Crippen LogP contribution is 2.31. The van der Waals surface area contributed by atoms with Crippen LogP contribution in [0.15, 0.2) is 36.4 Å². The van der Waals surface area contributed by atoms with E-state index < -0.39 is 16.6 Å². The number of aldehydes is 1. The highest BCUT2D eigenvalue weighted by atomic mass is 35.5. The molecule has 8 heteroatoms. The van der Waals surface area contributed by atoms with Crippen molar-refractivity contribution in [3.63, 3.8) is 0 Å². The number of carbonyl (C=O) groups excluding carboxylic acids is 2. The van der Waals surface area contributed by atoms with Crippen molar-refractivity contribution in [3.8, 4) is 11.5 Å². The minimum absolute atomic E-state index is 0.0624. The van der Waals surface area contributed by atoms with Crippen LogP contribution in [-0.4, -0.2) is 24.3 Å². The number of hydrogen-bond donors (Lipinski definition) is 0. The summed E-state index contributed by atoms with van der Waals surface area (Å²) in [6.07, 6.45) is 0.509. The van der Waals surface area contributed by atoms with Gasteiger partial charge in [0.1, 0.15) is 5.02 Å². The molecule has 0 aliphatic heterocycles. The number of nitro benzene ring substituents is 1. The first-order chi connectivity index (χ1) is 11.0. The molecular weight excluding hydrogens is 326 g/mol. The van der Waals surface area contributed by atoms with Crippen molar-refractivity contribution in [2.75, 3.05) is 7.11 Å². The molecule has 0 spiro atoms. The number of methoxy groups -OCH3 is 1. The summed E-state index contributed by atoms with van der Waals surface area (Å²) in [5.41, 5.74) is -0.387. The van der Waals surface area contributed by atoms with Gasteiger partial charge in [-0.1, -0.05) is 17.7 Å². The van der Waals surface area contributed by atoms with Crippen molar-refractivity contribution in [1.29, 1.82) is 0 Å². The van der Waals surface area contributed by atoms with E-state index in [9.17, 15) is 19.7 Å². The van der Waals surface area contributed by atoms with Gasteiger partial charge in [-0.2, -0.15) is 0 Å². The van der Waals surface area contributed by atoms with E-state index in [1.165, 1.54) is 31.4 Å². The zero-order chi connectivity index (χ0) is 17.0. The van der Waals surface area contributed by atoms with Crippen LogP contribution in [0, 0.1) is 10.1 Å². The summed E-state index contributed by atoms with van der Waals surface area (Å²) >= 11 is 5.69. The van der Waals surface area contributed by atoms with E-state index >= 15 is 0 Å². The SMILES string of the molecule is COc1cccc(C=O)c1OC(=O)c1ccc(Cl)c([N+](=O)[O-])c1. The Morgan fingerprint density at radius 1 is 1.30 bits per heavy atom. The summed E-state index contributed by atoms with van der Waals surface area (Å²) < 4.78 is 10.2. The van der Waals surface area contributed by atoms with Crippen molar-refractivity contribution < 1.29 is 24.0 Å². The predicted octanol–water partition coefficient (Wildman–Crippen LogP) is 3.29. The van der Waals surface area contributed by atoms with Crippen molar-refractivity contribution >= 4 is 29.5 Å². The first-order valence-corrected chi connectivity index (χ1v) is 6.64. The van der Waals surface area contributed by atoms with Gasteiger partial charge in [0, 0.05) is 6.07 Å². The summed E-state index contributed by atoms with van der Waals surface area (Å²) in [7, 11) is 1.36. The zero-order valence-corrected chi connectivity index (χ0v) is 12.6. The topological polar surface area (TPSA) is 95.7 Å². The fourth-order valence-electron chi connectivity index (χ4n) is 1.83. The van der Waals surface area contributed by atoms with Crippen LogP contribution in [-0.2, 0) is 0 Å². The Morgan fingerprint density at radius 2 is 2.04 bits per heavy atom. The normalized spacial score (nSPS) is 10.0. The van der Waals surface area contributed by atoms with Crippen LogP contribution in [0.25, 0.3) is 0 Å². The highest BCUT2D eigenvalue weighted by Gasteiger charge is 2.20. The van der Waals surface area contributed by atoms with Crippen LogP contribution < -0.4 is 9.47 Å². The Hall–Kier alpha value is -2.93. The lowest BCUT2D eigenvalue weighted by Crippen LogP contribution is -2.11. The first kappa shape index (κ1) is 16.4. The van der Waals surface area contributed by atoms with Crippen molar-refractivity contribution in [2.24, 2.45) is 0 Å². The van der Waals surface area contributed by atoms with E-state index in [2.05, 4.69) is 0 Å². The van der Waals surface area contributed by atoms with E-state index in [0.717, 1.165) is 6.07 Å². The standard InChI is InChI=1S/C15H10ClNO6/c1-22-13-4-2-3-10(8-18)14(13)23-15(19)9-5-6-11(16)12(7-9)17(20)21/h2-8H,1H3. The van der Waals surface area contributed by atoms with Crippen LogP contribution in [0.5, 0.6) is 11.5 Å². The highest BCUT2D eigenvalue weighted by molar-refractivity contribution is 6.32. The van der Waals surface area contributed by atoms with Gasteiger partial charge in [-0.15, -0.1) is 0 Å². The summed E-state index contributed by atoms with van der Waals surface area (Å²) in [6, 6.07) is 8.03. The summed E-state index contributed by atoms with van der Waals surface area (Å²) in [6.45, 7) is 0. The Bertz CT molecular complexity index is 790. The minimum Gasteiger partial charge on any atom is -0.493 e. The number of rotatable bonds is 5. The number of para-hydroxylation sites is 1. The number of hydrogen-bond acceptors (Lipinski definition) is 6. The molecule has 0 saturated carbocycles. The fourth-order valence-corrected chi connectivity index (χ4v) is 2.01. The molecule has 0 heterocycles. The predicted molar refractivity (Wildman–Crippen MR) is 81.4 cm³/mol. The third-order valence-electron chi connectivity index (χ3n) is 2.93. The van der Waals surface area contributed by atoms with Crippen molar-refractivity contribution in [3.05, 3.63) is 62.7 Å². The molecule has 2 rings (SSSR count). The van der Waals surface area contributed by atoms with Gasteiger partial charge in [-0.05, 0) is 24.3 Å². The van der Waals surface area contributed by atoms with Crippen molar-refractivity contribution in [1.82, 2.24) is 0 Å². The van der Waals surface area contributed by atoms with Crippen LogP contribution in [0.4, 0.5) is 5.69 Å². The second kappa shape index (κ2) is 6.89. The lowest BCUT2D eigenvalue weighted by molar-refractivity contribution is -0.384. The largest absolute Gasteiger partial charge is 0.493 e. The number of ether oxygens (including phenoxy) is 2. The van der Waals surface area contributed by atoms with Crippen LogP contribution in [0.3, 0.4) is 0 Å². The minimum atomic E-state index is -0.877. The van der Waals surface area contributed by atoms with Gasteiger partial charge in [0.2, 0.25) is 0 Å². The summed E-state index contributed by atoms with van der Waals surface area (Å²) in [5.74, 6) is -0.753. The van der Waals surface area contributed by atoms with Crippen LogP contribution in [0.2, 0.25) is 5.02 Å². The molecule has 118 valence electrons. The average molecular weight is 336 g/mol. The smallest absolute Gasteiger partial charge is 0.343 e. The molecule has 2 aromatic carbocycles.